The Morgan fingerprint density at radius 2 is 1.71 bits per heavy atom. The van der Waals surface area contributed by atoms with Crippen LogP contribution in [-0.2, 0) is 16.4 Å². The zero-order valence-corrected chi connectivity index (χ0v) is 12.8. The molecule has 0 heterocycles. The van der Waals surface area contributed by atoms with Crippen molar-refractivity contribution in [2.45, 2.75) is 18.4 Å². The van der Waals surface area contributed by atoms with E-state index in [2.05, 4.69) is 0 Å². The third kappa shape index (κ3) is 4.06. The van der Waals surface area contributed by atoms with Crippen LogP contribution in [0.5, 0.6) is 5.75 Å². The van der Waals surface area contributed by atoms with Gasteiger partial charge in [0.15, 0.2) is 9.84 Å². The number of aryl methyl sites for hydroxylation is 1. The molecule has 0 atom stereocenters. The first kappa shape index (κ1) is 15.5. The van der Waals surface area contributed by atoms with Crippen molar-refractivity contribution in [1.82, 2.24) is 0 Å². The first-order valence-electron chi connectivity index (χ1n) is 6.73. The molecule has 0 unspecified atom stereocenters. The lowest BCUT2D eigenvalue weighted by Crippen LogP contribution is -2.15. The van der Waals surface area contributed by atoms with Crippen LogP contribution in [0.25, 0.3) is 0 Å². The second-order valence-corrected chi connectivity index (χ2v) is 6.90. The van der Waals surface area contributed by atoms with Crippen molar-refractivity contribution in [2.24, 2.45) is 5.73 Å². The molecule has 0 radical (unpaired) electrons. The Morgan fingerprint density at radius 3 is 2.38 bits per heavy atom. The number of nitrogens with two attached hydrogens (primary N) is 1. The Hall–Kier alpha value is -1.85. The minimum atomic E-state index is -3.32. The number of benzene rings is 2. The maximum atomic E-state index is 12.2. The number of hydrogen-bond acceptors (Lipinski definition) is 4. The lowest BCUT2D eigenvalue weighted by molar-refractivity contribution is 0.337. The van der Waals surface area contributed by atoms with Gasteiger partial charge in [0, 0.05) is 12.1 Å². The molecule has 0 fully saturated rings. The van der Waals surface area contributed by atoms with Crippen molar-refractivity contribution in [1.29, 1.82) is 0 Å². The van der Waals surface area contributed by atoms with Gasteiger partial charge in [-0.25, -0.2) is 8.42 Å². The van der Waals surface area contributed by atoms with E-state index in [9.17, 15) is 8.42 Å². The molecule has 0 amide bonds. The standard InChI is InChI=1S/C16H19NO3S/c1-13-6-8-15(9-7-13)21(18,19)11-10-20-16-5-3-2-4-14(16)12-17/h2-9H,10-12,17H2,1H3. The summed E-state index contributed by atoms with van der Waals surface area (Å²) < 4.78 is 29.9. The normalized spacial score (nSPS) is 11.3. The van der Waals surface area contributed by atoms with Crippen LogP contribution in [0.4, 0.5) is 0 Å². The van der Waals surface area contributed by atoms with Crippen molar-refractivity contribution in [3.05, 3.63) is 59.7 Å². The van der Waals surface area contributed by atoms with Gasteiger partial charge in [-0.1, -0.05) is 35.9 Å². The quantitative estimate of drug-likeness (QED) is 0.889. The lowest BCUT2D eigenvalue weighted by atomic mass is 10.2. The van der Waals surface area contributed by atoms with Gasteiger partial charge >= 0.3 is 0 Å². The Morgan fingerprint density at radius 1 is 1.05 bits per heavy atom. The molecule has 0 spiro atoms. The molecule has 0 aliphatic heterocycles. The van der Waals surface area contributed by atoms with Crippen molar-refractivity contribution >= 4 is 9.84 Å². The van der Waals surface area contributed by atoms with Gasteiger partial charge < -0.3 is 10.5 Å². The molecule has 21 heavy (non-hydrogen) atoms. The van der Waals surface area contributed by atoms with Crippen molar-refractivity contribution in [3.8, 4) is 5.75 Å². The van der Waals surface area contributed by atoms with Crippen LogP contribution in [0, 0.1) is 6.92 Å². The summed E-state index contributed by atoms with van der Waals surface area (Å²) in [5.74, 6) is 0.578. The molecule has 0 aromatic heterocycles. The van der Waals surface area contributed by atoms with Crippen LogP contribution in [0.2, 0.25) is 0 Å². The molecule has 0 aliphatic carbocycles. The van der Waals surface area contributed by atoms with E-state index in [0.29, 0.717) is 17.2 Å². The zero-order chi connectivity index (χ0) is 15.3. The molecule has 4 nitrogen and oxygen atoms in total. The first-order valence-corrected chi connectivity index (χ1v) is 8.38. The molecule has 0 saturated heterocycles. The van der Waals surface area contributed by atoms with Gasteiger partial charge in [0.25, 0.3) is 0 Å². The van der Waals surface area contributed by atoms with Gasteiger partial charge in [0.05, 0.1) is 10.6 Å². The Balaban J connectivity index is 2.01. The highest BCUT2D eigenvalue weighted by atomic mass is 32.2. The molecule has 0 bridgehead atoms. The summed E-state index contributed by atoms with van der Waals surface area (Å²) in [6.45, 7) is 2.39. The average Bonchev–Trinajstić information content (AvgIpc) is 2.48. The number of rotatable bonds is 6. The fourth-order valence-electron chi connectivity index (χ4n) is 1.94. The topological polar surface area (TPSA) is 69.4 Å². The fraction of sp³-hybridized carbons (Fsp3) is 0.250. The Kier molecular flexibility index (Phi) is 4.98. The number of sulfone groups is 1. The lowest BCUT2D eigenvalue weighted by Gasteiger charge is -2.10. The number of hydrogen-bond donors (Lipinski definition) is 1. The molecule has 2 rings (SSSR count). The summed E-state index contributed by atoms with van der Waals surface area (Å²) in [6.07, 6.45) is 0. The van der Waals surface area contributed by atoms with E-state index in [0.717, 1.165) is 11.1 Å². The Labute approximate surface area is 125 Å². The largest absolute Gasteiger partial charge is 0.492 e. The smallest absolute Gasteiger partial charge is 0.181 e. The average molecular weight is 305 g/mol. The fourth-order valence-corrected chi connectivity index (χ4v) is 3.03. The molecule has 0 aliphatic rings. The van der Waals surface area contributed by atoms with Crippen LogP contribution in [0.3, 0.4) is 0 Å². The number of para-hydroxylation sites is 1. The van der Waals surface area contributed by atoms with Gasteiger partial charge in [-0.3, -0.25) is 0 Å². The van der Waals surface area contributed by atoms with Gasteiger partial charge in [0.2, 0.25) is 0 Å². The van der Waals surface area contributed by atoms with E-state index in [1.54, 1.807) is 30.3 Å². The third-order valence-corrected chi connectivity index (χ3v) is 4.88. The SMILES string of the molecule is Cc1ccc(S(=O)(=O)CCOc2ccccc2CN)cc1. The van der Waals surface area contributed by atoms with Crippen molar-refractivity contribution in [3.63, 3.8) is 0 Å². The predicted octanol–water partition coefficient (Wildman–Crippen LogP) is 2.31. The predicted molar refractivity (Wildman–Crippen MR) is 83.1 cm³/mol. The second-order valence-electron chi connectivity index (χ2n) is 4.79. The molecule has 2 aromatic carbocycles. The Bertz CT molecular complexity index is 694. The van der Waals surface area contributed by atoms with E-state index >= 15 is 0 Å². The minimum absolute atomic E-state index is 0.0605. The summed E-state index contributed by atoms with van der Waals surface area (Å²) in [5.41, 5.74) is 7.51. The number of ether oxygens (including phenoxy) is 1. The zero-order valence-electron chi connectivity index (χ0n) is 12.0. The van der Waals surface area contributed by atoms with E-state index in [4.69, 9.17) is 10.5 Å². The van der Waals surface area contributed by atoms with Crippen LogP contribution >= 0.6 is 0 Å². The molecule has 2 N–H and O–H groups in total. The summed E-state index contributed by atoms with van der Waals surface area (Å²) in [4.78, 5) is 0.323. The summed E-state index contributed by atoms with van der Waals surface area (Å²) >= 11 is 0. The van der Waals surface area contributed by atoms with Gasteiger partial charge in [-0.2, -0.15) is 0 Å². The van der Waals surface area contributed by atoms with Crippen LogP contribution in [0.1, 0.15) is 11.1 Å². The first-order chi connectivity index (χ1) is 10.0. The molecular weight excluding hydrogens is 286 g/mol. The van der Waals surface area contributed by atoms with Crippen LogP contribution < -0.4 is 10.5 Å². The minimum Gasteiger partial charge on any atom is -0.492 e. The molecular formula is C16H19NO3S. The van der Waals surface area contributed by atoms with Gasteiger partial charge in [-0.15, -0.1) is 0 Å². The van der Waals surface area contributed by atoms with Gasteiger partial charge in [-0.05, 0) is 25.1 Å². The van der Waals surface area contributed by atoms with E-state index in [1.807, 2.05) is 25.1 Å². The van der Waals surface area contributed by atoms with E-state index in [-0.39, 0.29) is 12.4 Å². The highest BCUT2D eigenvalue weighted by molar-refractivity contribution is 7.91. The summed E-state index contributed by atoms with van der Waals surface area (Å²) in [6, 6.07) is 14.2. The summed E-state index contributed by atoms with van der Waals surface area (Å²) in [5, 5.41) is 0. The maximum absolute atomic E-state index is 12.2. The molecule has 2 aromatic rings. The van der Waals surface area contributed by atoms with Crippen molar-refractivity contribution in [2.75, 3.05) is 12.4 Å². The van der Waals surface area contributed by atoms with Crippen LogP contribution in [0.15, 0.2) is 53.4 Å². The molecule has 5 heteroatoms. The highest BCUT2D eigenvalue weighted by Gasteiger charge is 2.14. The van der Waals surface area contributed by atoms with Gasteiger partial charge in [0.1, 0.15) is 12.4 Å². The van der Waals surface area contributed by atoms with Crippen molar-refractivity contribution < 1.29 is 13.2 Å². The van der Waals surface area contributed by atoms with E-state index in [1.165, 1.54) is 0 Å². The monoisotopic (exact) mass is 305 g/mol. The van der Waals surface area contributed by atoms with Crippen LogP contribution in [-0.4, -0.2) is 20.8 Å². The highest BCUT2D eigenvalue weighted by Crippen LogP contribution is 2.18. The summed E-state index contributed by atoms with van der Waals surface area (Å²) in [7, 11) is -3.32. The second kappa shape index (κ2) is 6.74. The molecule has 0 saturated carbocycles. The molecule has 112 valence electrons. The van der Waals surface area contributed by atoms with E-state index < -0.39 is 9.84 Å². The third-order valence-electron chi connectivity index (χ3n) is 3.18. The maximum Gasteiger partial charge on any atom is 0.181 e.